The lowest BCUT2D eigenvalue weighted by molar-refractivity contribution is 0.812. The number of aromatic nitrogens is 3. The molecule has 0 aromatic carbocycles. The van der Waals surface area contributed by atoms with Gasteiger partial charge in [0.15, 0.2) is 0 Å². The molecule has 0 spiro atoms. The van der Waals surface area contributed by atoms with Crippen LogP contribution in [0.15, 0.2) is 12.4 Å². The van der Waals surface area contributed by atoms with E-state index in [2.05, 4.69) is 42.9 Å². The lowest BCUT2D eigenvalue weighted by atomic mass is 9.97. The quantitative estimate of drug-likeness (QED) is 0.814. The maximum absolute atomic E-state index is 4.37. The molecule has 80 valence electrons. The van der Waals surface area contributed by atoms with Crippen LogP contribution in [0.25, 0.3) is 10.9 Å². The van der Waals surface area contributed by atoms with Crippen LogP contribution in [0.1, 0.15) is 50.8 Å². The second kappa shape index (κ2) is 3.65. The van der Waals surface area contributed by atoms with Gasteiger partial charge in [0, 0.05) is 11.6 Å². The van der Waals surface area contributed by atoms with Crippen molar-refractivity contribution >= 4 is 10.9 Å². The zero-order valence-electron chi connectivity index (χ0n) is 9.70. The van der Waals surface area contributed by atoms with Crippen LogP contribution in [0, 0.1) is 0 Å². The summed E-state index contributed by atoms with van der Waals surface area (Å²) in [6, 6.07) is 0. The molecular formula is C12H17N3. The molecule has 0 aliphatic carbocycles. The van der Waals surface area contributed by atoms with Crippen LogP contribution >= 0.6 is 0 Å². The van der Waals surface area contributed by atoms with Gasteiger partial charge in [-0.3, -0.25) is 10.1 Å². The van der Waals surface area contributed by atoms with Gasteiger partial charge in [0.25, 0.3) is 0 Å². The first-order valence-corrected chi connectivity index (χ1v) is 5.43. The Morgan fingerprint density at radius 1 is 1.07 bits per heavy atom. The smallest absolute Gasteiger partial charge is 0.0839 e. The second-order valence-electron chi connectivity index (χ2n) is 4.57. The van der Waals surface area contributed by atoms with E-state index in [4.69, 9.17) is 0 Å². The molecule has 0 unspecified atom stereocenters. The summed E-state index contributed by atoms with van der Waals surface area (Å²) in [5.41, 5.74) is 3.48. The highest BCUT2D eigenvalue weighted by molar-refractivity contribution is 5.84. The van der Waals surface area contributed by atoms with Crippen LogP contribution in [-0.4, -0.2) is 15.2 Å². The van der Waals surface area contributed by atoms with E-state index in [1.165, 1.54) is 10.9 Å². The maximum Gasteiger partial charge on any atom is 0.0839 e. The fourth-order valence-corrected chi connectivity index (χ4v) is 1.88. The zero-order chi connectivity index (χ0) is 11.0. The van der Waals surface area contributed by atoms with E-state index in [0.717, 1.165) is 11.2 Å². The highest BCUT2D eigenvalue weighted by Gasteiger charge is 2.14. The van der Waals surface area contributed by atoms with Crippen LogP contribution < -0.4 is 0 Å². The Bertz CT molecular complexity index is 469. The van der Waals surface area contributed by atoms with Crippen molar-refractivity contribution in [3.05, 3.63) is 23.7 Å². The Hall–Kier alpha value is -1.38. The molecule has 0 atom stereocenters. The fraction of sp³-hybridized carbons (Fsp3) is 0.500. The van der Waals surface area contributed by atoms with Gasteiger partial charge in [-0.15, -0.1) is 0 Å². The van der Waals surface area contributed by atoms with E-state index < -0.39 is 0 Å². The van der Waals surface area contributed by atoms with Gasteiger partial charge >= 0.3 is 0 Å². The third kappa shape index (κ3) is 1.62. The minimum absolute atomic E-state index is 0.443. The number of rotatable bonds is 2. The summed E-state index contributed by atoms with van der Waals surface area (Å²) in [4.78, 5) is 4.24. The standard InChI is InChI=1S/C12H17N3/c1-7(2)9-5-13-6-10-11(9)12(8(3)4)15-14-10/h5-8H,1-4H3,(H,14,15). The molecule has 2 rings (SSSR count). The first-order chi connectivity index (χ1) is 7.11. The van der Waals surface area contributed by atoms with Gasteiger partial charge in [0.05, 0.1) is 17.4 Å². The van der Waals surface area contributed by atoms with Crippen LogP contribution in [0.3, 0.4) is 0 Å². The summed E-state index contributed by atoms with van der Waals surface area (Å²) in [5, 5.41) is 8.68. The normalized spacial score (nSPS) is 11.9. The average molecular weight is 203 g/mol. The highest BCUT2D eigenvalue weighted by atomic mass is 15.1. The van der Waals surface area contributed by atoms with Gasteiger partial charge in [-0.1, -0.05) is 27.7 Å². The van der Waals surface area contributed by atoms with E-state index in [1.807, 2.05) is 12.4 Å². The number of pyridine rings is 1. The average Bonchev–Trinajstić information content (AvgIpc) is 2.60. The first-order valence-electron chi connectivity index (χ1n) is 5.43. The molecule has 0 amide bonds. The molecular weight excluding hydrogens is 186 g/mol. The van der Waals surface area contributed by atoms with Gasteiger partial charge in [0.1, 0.15) is 0 Å². The Balaban J connectivity index is 2.75. The highest BCUT2D eigenvalue weighted by Crippen LogP contribution is 2.29. The predicted octanol–water partition coefficient (Wildman–Crippen LogP) is 3.20. The Labute approximate surface area is 89.9 Å². The third-order valence-corrected chi connectivity index (χ3v) is 2.70. The summed E-state index contributed by atoms with van der Waals surface area (Å²) in [7, 11) is 0. The number of nitrogens with one attached hydrogen (secondary N) is 1. The van der Waals surface area contributed by atoms with Crippen molar-refractivity contribution in [3.8, 4) is 0 Å². The van der Waals surface area contributed by atoms with Gasteiger partial charge in [-0.05, 0) is 17.4 Å². The molecule has 2 aromatic heterocycles. The third-order valence-electron chi connectivity index (χ3n) is 2.70. The van der Waals surface area contributed by atoms with Gasteiger partial charge in [-0.25, -0.2) is 0 Å². The molecule has 0 saturated heterocycles. The number of nitrogens with zero attached hydrogens (tertiary/aromatic N) is 2. The molecule has 0 aliphatic heterocycles. The van der Waals surface area contributed by atoms with Crippen molar-refractivity contribution < 1.29 is 0 Å². The van der Waals surface area contributed by atoms with Crippen LogP contribution in [0.2, 0.25) is 0 Å². The van der Waals surface area contributed by atoms with E-state index in [-0.39, 0.29) is 0 Å². The van der Waals surface area contributed by atoms with Crippen LogP contribution in [-0.2, 0) is 0 Å². The maximum atomic E-state index is 4.37. The molecule has 0 aliphatic rings. The fourth-order valence-electron chi connectivity index (χ4n) is 1.88. The predicted molar refractivity (Wildman–Crippen MR) is 62.1 cm³/mol. The number of hydrogen-bond acceptors (Lipinski definition) is 2. The Morgan fingerprint density at radius 3 is 2.40 bits per heavy atom. The number of fused-ring (bicyclic) bond motifs is 1. The van der Waals surface area contributed by atoms with Crippen molar-refractivity contribution in [1.82, 2.24) is 15.2 Å². The summed E-state index contributed by atoms with van der Waals surface area (Å²) in [6.45, 7) is 8.71. The van der Waals surface area contributed by atoms with Crippen LogP contribution in [0.5, 0.6) is 0 Å². The summed E-state index contributed by atoms with van der Waals surface area (Å²) < 4.78 is 0. The van der Waals surface area contributed by atoms with Gasteiger partial charge in [-0.2, -0.15) is 5.10 Å². The second-order valence-corrected chi connectivity index (χ2v) is 4.57. The lowest BCUT2D eigenvalue weighted by Gasteiger charge is -2.08. The van der Waals surface area contributed by atoms with Gasteiger partial charge < -0.3 is 0 Å². The number of hydrogen-bond donors (Lipinski definition) is 1. The lowest BCUT2D eigenvalue weighted by Crippen LogP contribution is -1.94. The molecule has 3 nitrogen and oxygen atoms in total. The summed E-state index contributed by atoms with van der Waals surface area (Å²) in [6.07, 6.45) is 3.80. The summed E-state index contributed by atoms with van der Waals surface area (Å²) >= 11 is 0. The Kier molecular flexibility index (Phi) is 2.47. The van der Waals surface area contributed by atoms with Crippen molar-refractivity contribution in [2.45, 2.75) is 39.5 Å². The largest absolute Gasteiger partial charge is 0.276 e. The van der Waals surface area contributed by atoms with Crippen molar-refractivity contribution in [1.29, 1.82) is 0 Å². The van der Waals surface area contributed by atoms with E-state index in [0.29, 0.717) is 11.8 Å². The van der Waals surface area contributed by atoms with Crippen molar-refractivity contribution in [3.63, 3.8) is 0 Å². The minimum atomic E-state index is 0.443. The zero-order valence-corrected chi connectivity index (χ0v) is 9.70. The first kappa shape index (κ1) is 10.1. The monoisotopic (exact) mass is 203 g/mol. The molecule has 1 N–H and O–H groups in total. The number of H-pyrrole nitrogens is 1. The molecule has 0 saturated carbocycles. The molecule has 2 heterocycles. The van der Waals surface area contributed by atoms with Crippen molar-refractivity contribution in [2.75, 3.05) is 0 Å². The molecule has 0 radical (unpaired) electrons. The van der Waals surface area contributed by atoms with E-state index in [1.54, 1.807) is 0 Å². The topological polar surface area (TPSA) is 41.6 Å². The Morgan fingerprint density at radius 2 is 1.80 bits per heavy atom. The summed E-state index contributed by atoms with van der Waals surface area (Å²) in [5.74, 6) is 0.926. The minimum Gasteiger partial charge on any atom is -0.276 e. The molecule has 15 heavy (non-hydrogen) atoms. The molecule has 3 heteroatoms. The van der Waals surface area contributed by atoms with Gasteiger partial charge in [0.2, 0.25) is 0 Å². The van der Waals surface area contributed by atoms with E-state index >= 15 is 0 Å². The van der Waals surface area contributed by atoms with Crippen molar-refractivity contribution in [2.24, 2.45) is 0 Å². The molecule has 0 bridgehead atoms. The molecule has 2 aromatic rings. The number of aromatic amines is 1. The van der Waals surface area contributed by atoms with Crippen LogP contribution in [0.4, 0.5) is 0 Å². The SMILES string of the molecule is CC(C)c1cncc2[nH]nc(C(C)C)c12. The molecule has 0 fully saturated rings. The van der Waals surface area contributed by atoms with E-state index in [9.17, 15) is 0 Å².